The molecule has 1 aromatic carbocycles. The van der Waals surface area contributed by atoms with Crippen LogP contribution in [0.2, 0.25) is 0 Å². The third-order valence-electron chi connectivity index (χ3n) is 3.60. The fraction of sp³-hybridized carbons (Fsp3) is 0.389. The number of ether oxygens (including phenoxy) is 1. The number of carbonyl (C=O) groups excluding carboxylic acids is 2. The lowest BCUT2D eigenvalue weighted by Gasteiger charge is -2.15. The van der Waals surface area contributed by atoms with Gasteiger partial charge in [-0.2, -0.15) is 0 Å². The molecule has 1 unspecified atom stereocenters. The van der Waals surface area contributed by atoms with Gasteiger partial charge in [0.2, 0.25) is 0 Å². The Morgan fingerprint density at radius 2 is 1.83 bits per heavy atom. The van der Waals surface area contributed by atoms with E-state index in [1.165, 1.54) is 0 Å². The molecule has 0 heterocycles. The summed E-state index contributed by atoms with van der Waals surface area (Å²) < 4.78 is 5.13. The molecular weight excluding hydrogens is 328 g/mol. The molecule has 0 aliphatic heterocycles. The zero-order valence-electron chi connectivity index (χ0n) is 14.0. The highest BCUT2D eigenvalue weighted by Crippen LogP contribution is 2.26. The molecule has 0 aliphatic rings. The number of hydrogen-bond acceptors (Lipinski definition) is 5. The van der Waals surface area contributed by atoms with Crippen LogP contribution in [0.5, 0.6) is 0 Å². The van der Waals surface area contributed by atoms with Crippen molar-refractivity contribution in [3.05, 3.63) is 41.0 Å². The molecule has 0 fully saturated rings. The van der Waals surface area contributed by atoms with Gasteiger partial charge in [-0.1, -0.05) is 44.5 Å². The second-order valence-electron chi connectivity index (χ2n) is 5.40. The predicted molar refractivity (Wildman–Crippen MR) is 94.8 cm³/mol. The highest BCUT2D eigenvalue weighted by molar-refractivity contribution is 7.90. The SMILES string of the molecule is CCCC(CC)OC(=O)C(=O)C(C(=O)O)=C(S)c1ccccc1C. The third-order valence-corrected chi connectivity index (χ3v) is 4.07. The lowest BCUT2D eigenvalue weighted by Crippen LogP contribution is -2.28. The third kappa shape index (κ3) is 4.96. The zero-order chi connectivity index (χ0) is 18.3. The molecule has 0 saturated carbocycles. The molecule has 0 aromatic heterocycles. The standard InChI is InChI=1S/C18H22O5S/c1-4-8-12(5-2)23-18(22)15(19)14(17(20)21)16(24)13-10-7-6-9-11(13)3/h6-7,9-10,12,24H,4-5,8H2,1-3H3,(H,20,21). The zero-order valence-corrected chi connectivity index (χ0v) is 14.9. The van der Waals surface area contributed by atoms with Gasteiger partial charge in [0, 0.05) is 4.91 Å². The summed E-state index contributed by atoms with van der Waals surface area (Å²) in [4.78, 5) is 35.8. The molecule has 0 radical (unpaired) electrons. The van der Waals surface area contributed by atoms with Crippen LogP contribution in [0.3, 0.4) is 0 Å². The van der Waals surface area contributed by atoms with Crippen LogP contribution in [-0.2, 0) is 19.1 Å². The average molecular weight is 350 g/mol. The van der Waals surface area contributed by atoms with Gasteiger partial charge in [-0.25, -0.2) is 9.59 Å². The molecule has 6 heteroatoms. The second kappa shape index (κ2) is 9.27. The van der Waals surface area contributed by atoms with Gasteiger partial charge in [-0.15, -0.1) is 12.6 Å². The van der Waals surface area contributed by atoms with Gasteiger partial charge >= 0.3 is 11.9 Å². The van der Waals surface area contributed by atoms with E-state index in [0.717, 1.165) is 12.0 Å². The van der Waals surface area contributed by atoms with Crippen molar-refractivity contribution in [3.63, 3.8) is 0 Å². The molecule has 0 saturated heterocycles. The summed E-state index contributed by atoms with van der Waals surface area (Å²) in [7, 11) is 0. The Labute approximate surface area is 147 Å². The van der Waals surface area contributed by atoms with E-state index in [1.807, 2.05) is 13.8 Å². The van der Waals surface area contributed by atoms with Crippen molar-refractivity contribution in [2.24, 2.45) is 0 Å². The minimum absolute atomic E-state index is 0.0499. The Hall–Kier alpha value is -2.08. The number of carbonyl (C=O) groups is 3. The molecule has 130 valence electrons. The maximum atomic E-state index is 12.3. The van der Waals surface area contributed by atoms with Crippen LogP contribution in [0, 0.1) is 6.92 Å². The van der Waals surface area contributed by atoms with E-state index in [0.29, 0.717) is 18.4 Å². The van der Waals surface area contributed by atoms with Crippen molar-refractivity contribution in [1.29, 1.82) is 0 Å². The number of aryl methyl sites for hydroxylation is 1. The molecule has 1 rings (SSSR count). The fourth-order valence-corrected chi connectivity index (χ4v) is 2.70. The van der Waals surface area contributed by atoms with E-state index >= 15 is 0 Å². The summed E-state index contributed by atoms with van der Waals surface area (Å²) in [5.74, 6) is -3.85. The van der Waals surface area contributed by atoms with Crippen molar-refractivity contribution in [2.45, 2.75) is 46.1 Å². The Balaban J connectivity index is 3.18. The second-order valence-corrected chi connectivity index (χ2v) is 5.84. The van der Waals surface area contributed by atoms with Crippen LogP contribution >= 0.6 is 12.6 Å². The normalized spacial score (nSPS) is 13.0. The molecule has 0 aliphatic carbocycles. The van der Waals surface area contributed by atoms with E-state index in [9.17, 15) is 19.5 Å². The minimum Gasteiger partial charge on any atom is -0.478 e. The summed E-state index contributed by atoms with van der Waals surface area (Å²) in [6.45, 7) is 5.54. The number of hydrogen-bond donors (Lipinski definition) is 2. The largest absolute Gasteiger partial charge is 0.478 e. The summed E-state index contributed by atoms with van der Waals surface area (Å²) in [5.41, 5.74) is 0.559. The monoisotopic (exact) mass is 350 g/mol. The van der Waals surface area contributed by atoms with Crippen molar-refractivity contribution in [1.82, 2.24) is 0 Å². The van der Waals surface area contributed by atoms with E-state index < -0.39 is 29.4 Å². The van der Waals surface area contributed by atoms with E-state index in [1.54, 1.807) is 31.2 Å². The Morgan fingerprint density at radius 3 is 2.33 bits per heavy atom. The van der Waals surface area contributed by atoms with Crippen LogP contribution in [0.15, 0.2) is 29.8 Å². The highest BCUT2D eigenvalue weighted by Gasteiger charge is 2.30. The van der Waals surface area contributed by atoms with Crippen molar-refractivity contribution in [3.8, 4) is 0 Å². The fourth-order valence-electron chi connectivity index (χ4n) is 2.25. The van der Waals surface area contributed by atoms with Gasteiger partial charge < -0.3 is 9.84 Å². The first kappa shape index (κ1) is 20.0. The Morgan fingerprint density at radius 1 is 1.21 bits per heavy atom. The smallest absolute Gasteiger partial charge is 0.380 e. The number of benzene rings is 1. The molecule has 0 bridgehead atoms. The maximum absolute atomic E-state index is 12.3. The van der Waals surface area contributed by atoms with Crippen molar-refractivity contribution < 1.29 is 24.2 Å². The first-order chi connectivity index (χ1) is 11.3. The van der Waals surface area contributed by atoms with Crippen molar-refractivity contribution >= 4 is 35.3 Å². The summed E-state index contributed by atoms with van der Waals surface area (Å²) in [6, 6.07) is 6.90. The molecular formula is C18H22O5S. The maximum Gasteiger partial charge on any atom is 0.380 e. The summed E-state index contributed by atoms with van der Waals surface area (Å²) in [5, 5.41) is 9.37. The number of esters is 1. The molecule has 0 spiro atoms. The van der Waals surface area contributed by atoms with Gasteiger partial charge in [0.1, 0.15) is 11.7 Å². The molecule has 1 N–H and O–H groups in total. The Kier molecular flexibility index (Phi) is 7.71. The number of aliphatic carboxylic acids is 1. The lowest BCUT2D eigenvalue weighted by atomic mass is 10.0. The number of carboxylic acids is 1. The molecule has 24 heavy (non-hydrogen) atoms. The first-order valence-corrected chi connectivity index (χ1v) is 8.25. The summed E-state index contributed by atoms with van der Waals surface area (Å²) in [6.07, 6.45) is 1.57. The quantitative estimate of drug-likeness (QED) is 0.188. The van der Waals surface area contributed by atoms with Crippen molar-refractivity contribution in [2.75, 3.05) is 0 Å². The highest BCUT2D eigenvalue weighted by atomic mass is 32.1. The van der Waals surface area contributed by atoms with Gasteiger partial charge in [0.25, 0.3) is 5.78 Å². The van der Waals surface area contributed by atoms with Gasteiger partial charge in [0.15, 0.2) is 0 Å². The van der Waals surface area contributed by atoms with Gasteiger partial charge in [0.05, 0.1) is 0 Å². The minimum atomic E-state index is -1.51. The summed E-state index contributed by atoms with van der Waals surface area (Å²) >= 11 is 4.18. The van der Waals surface area contributed by atoms with Crippen LogP contribution in [0.1, 0.15) is 44.2 Å². The Bertz CT molecular complexity index is 663. The van der Waals surface area contributed by atoms with E-state index in [-0.39, 0.29) is 4.91 Å². The van der Waals surface area contributed by atoms with Crippen LogP contribution in [-0.4, -0.2) is 28.9 Å². The van der Waals surface area contributed by atoms with E-state index in [2.05, 4.69) is 12.6 Å². The van der Waals surface area contributed by atoms with Crippen LogP contribution < -0.4 is 0 Å². The number of rotatable bonds is 8. The molecule has 0 amide bonds. The predicted octanol–water partition coefficient (Wildman–Crippen LogP) is 3.41. The first-order valence-electron chi connectivity index (χ1n) is 7.81. The number of thiol groups is 1. The number of carboxylic acid groups (broad SMARTS) is 1. The molecule has 1 aromatic rings. The molecule has 1 atom stereocenters. The topological polar surface area (TPSA) is 80.7 Å². The van der Waals surface area contributed by atoms with Crippen LogP contribution in [0.4, 0.5) is 0 Å². The molecule has 5 nitrogen and oxygen atoms in total. The number of Topliss-reactive ketones (excluding diaryl/α,β-unsaturated/α-hetero) is 1. The average Bonchev–Trinajstić information content (AvgIpc) is 2.54. The lowest BCUT2D eigenvalue weighted by molar-refractivity contribution is -0.157. The van der Waals surface area contributed by atoms with Gasteiger partial charge in [-0.3, -0.25) is 4.79 Å². The van der Waals surface area contributed by atoms with E-state index in [4.69, 9.17) is 4.74 Å². The van der Waals surface area contributed by atoms with Crippen LogP contribution in [0.25, 0.3) is 4.91 Å². The van der Waals surface area contributed by atoms with Gasteiger partial charge in [-0.05, 0) is 30.9 Å². The number of ketones is 1.